The predicted octanol–water partition coefficient (Wildman–Crippen LogP) is 4.94. The summed E-state index contributed by atoms with van der Waals surface area (Å²) in [5.41, 5.74) is 1.21. The zero-order valence-corrected chi connectivity index (χ0v) is 16.6. The van der Waals surface area contributed by atoms with Crippen molar-refractivity contribution in [3.05, 3.63) is 47.7 Å². The van der Waals surface area contributed by atoms with Crippen LogP contribution < -0.4 is 0 Å². The molecule has 4 heteroatoms. The van der Waals surface area contributed by atoms with Crippen LogP contribution in [-0.2, 0) is 9.16 Å². The van der Waals surface area contributed by atoms with Crippen LogP contribution in [0.2, 0.25) is 18.1 Å². The Balaban J connectivity index is 2.24. The lowest BCUT2D eigenvalue weighted by Crippen LogP contribution is -2.42. The Morgan fingerprint density at radius 1 is 1.13 bits per heavy atom. The van der Waals surface area contributed by atoms with E-state index in [0.29, 0.717) is 0 Å². The van der Waals surface area contributed by atoms with Gasteiger partial charge < -0.3 is 9.16 Å². The largest absolute Gasteiger partial charge is 0.547 e. The second-order valence-electron chi connectivity index (χ2n) is 8.09. The highest BCUT2D eigenvalue weighted by molar-refractivity contribution is 6.74. The van der Waals surface area contributed by atoms with E-state index in [1.165, 1.54) is 5.56 Å². The van der Waals surface area contributed by atoms with E-state index in [4.69, 9.17) is 9.16 Å². The molecule has 0 fully saturated rings. The first kappa shape index (κ1) is 18.2. The normalized spacial score (nSPS) is 22.9. The van der Waals surface area contributed by atoms with Crippen LogP contribution in [-0.4, -0.2) is 33.5 Å². The van der Waals surface area contributed by atoms with Crippen LogP contribution in [0, 0.1) is 0 Å². The van der Waals surface area contributed by atoms with Crippen molar-refractivity contribution in [2.75, 3.05) is 14.1 Å². The summed E-state index contributed by atoms with van der Waals surface area (Å²) in [6.07, 6.45) is 2.95. The topological polar surface area (TPSA) is 21.7 Å². The minimum absolute atomic E-state index is 0.0475. The summed E-state index contributed by atoms with van der Waals surface area (Å²) >= 11 is 0. The summed E-state index contributed by atoms with van der Waals surface area (Å²) in [5.74, 6) is 1.08. The third-order valence-corrected chi connectivity index (χ3v) is 9.28. The predicted molar refractivity (Wildman–Crippen MR) is 98.7 cm³/mol. The summed E-state index contributed by atoms with van der Waals surface area (Å²) in [7, 11) is 2.25. The minimum Gasteiger partial charge on any atom is -0.547 e. The lowest BCUT2D eigenvalue weighted by atomic mass is 10.0. The molecular weight excluding hydrogens is 302 g/mol. The Morgan fingerprint density at radius 2 is 1.74 bits per heavy atom. The highest BCUT2D eigenvalue weighted by atomic mass is 28.4. The number of ether oxygens (including phenoxy) is 1. The molecule has 0 saturated heterocycles. The average molecular weight is 334 g/mol. The van der Waals surface area contributed by atoms with Crippen molar-refractivity contribution in [2.45, 2.75) is 57.7 Å². The molecule has 0 bridgehead atoms. The number of hydrogen-bond donors (Lipinski definition) is 0. The Labute approximate surface area is 142 Å². The lowest BCUT2D eigenvalue weighted by molar-refractivity contribution is -0.0707. The van der Waals surface area contributed by atoms with Gasteiger partial charge >= 0.3 is 0 Å². The van der Waals surface area contributed by atoms with E-state index in [2.05, 4.69) is 69.1 Å². The molecule has 2 unspecified atom stereocenters. The van der Waals surface area contributed by atoms with E-state index in [0.717, 1.165) is 12.2 Å². The first-order valence-electron chi connectivity index (χ1n) is 8.37. The lowest BCUT2D eigenvalue weighted by Gasteiger charge is -2.40. The van der Waals surface area contributed by atoms with Gasteiger partial charge in [-0.15, -0.1) is 0 Å². The molecule has 0 aliphatic carbocycles. The van der Waals surface area contributed by atoms with Crippen LogP contribution in [0.3, 0.4) is 0 Å². The molecule has 0 aromatic heterocycles. The highest BCUT2D eigenvalue weighted by Crippen LogP contribution is 2.41. The molecule has 0 N–H and O–H groups in total. The van der Waals surface area contributed by atoms with Crippen LogP contribution in [0.25, 0.3) is 0 Å². The molecule has 3 nitrogen and oxygen atoms in total. The fourth-order valence-electron chi connectivity index (χ4n) is 2.36. The molecule has 1 aromatic rings. The molecule has 0 saturated carbocycles. The van der Waals surface area contributed by atoms with Gasteiger partial charge in [0, 0.05) is 6.42 Å². The summed E-state index contributed by atoms with van der Waals surface area (Å²) in [6, 6.07) is 10.4. The molecule has 0 radical (unpaired) electrons. The number of hydrogen-bond acceptors (Lipinski definition) is 3. The van der Waals surface area contributed by atoms with Gasteiger partial charge in [-0.3, -0.25) is 4.90 Å². The van der Waals surface area contributed by atoms with Crippen LogP contribution >= 0.6 is 0 Å². The molecule has 128 valence electrons. The van der Waals surface area contributed by atoms with Crippen molar-refractivity contribution in [1.82, 2.24) is 4.90 Å². The smallest absolute Gasteiger partial charge is 0.250 e. The van der Waals surface area contributed by atoms with E-state index in [-0.39, 0.29) is 17.4 Å². The molecule has 0 spiro atoms. The molecule has 0 amide bonds. The average Bonchev–Trinajstić information content (AvgIpc) is 2.46. The van der Waals surface area contributed by atoms with Gasteiger partial charge in [-0.25, -0.2) is 0 Å². The van der Waals surface area contributed by atoms with E-state index in [9.17, 15) is 0 Å². The molecule has 1 aromatic carbocycles. The van der Waals surface area contributed by atoms with Gasteiger partial charge in [0.2, 0.25) is 8.32 Å². The van der Waals surface area contributed by atoms with Gasteiger partial charge in [0.15, 0.2) is 0 Å². The standard InChI is InChI=1S/C19H31NO2Si/c1-19(2,3)23(6,7)22-16-13-17(15-11-9-8-10-12-15)21-18(14-16)20(4)5/h8-12,14,17-18H,13H2,1-7H3. The monoisotopic (exact) mass is 333 g/mol. The van der Waals surface area contributed by atoms with Crippen molar-refractivity contribution in [1.29, 1.82) is 0 Å². The van der Waals surface area contributed by atoms with E-state index >= 15 is 0 Å². The maximum Gasteiger partial charge on any atom is 0.250 e. The maximum atomic E-state index is 6.57. The van der Waals surface area contributed by atoms with Crippen LogP contribution in [0.5, 0.6) is 0 Å². The Morgan fingerprint density at radius 3 is 2.26 bits per heavy atom. The van der Waals surface area contributed by atoms with Crippen LogP contribution in [0.4, 0.5) is 0 Å². The van der Waals surface area contributed by atoms with Crippen molar-refractivity contribution in [3.63, 3.8) is 0 Å². The molecule has 1 aliphatic heterocycles. The zero-order valence-electron chi connectivity index (χ0n) is 15.6. The molecule has 23 heavy (non-hydrogen) atoms. The van der Waals surface area contributed by atoms with Gasteiger partial charge in [0.05, 0.1) is 11.9 Å². The summed E-state index contributed by atoms with van der Waals surface area (Å²) < 4.78 is 12.8. The molecular formula is C19H31NO2Si. The summed E-state index contributed by atoms with van der Waals surface area (Å²) in [6.45, 7) is 11.4. The van der Waals surface area contributed by atoms with Crippen molar-refractivity contribution < 1.29 is 9.16 Å². The third kappa shape index (κ3) is 4.46. The second kappa shape index (κ2) is 6.79. The number of likely N-dealkylation sites (N-methyl/N-ethyl adjacent to an activating group) is 1. The fourth-order valence-corrected chi connectivity index (χ4v) is 3.47. The Bertz CT molecular complexity index is 546. The van der Waals surface area contributed by atoms with Crippen molar-refractivity contribution in [2.24, 2.45) is 0 Å². The highest BCUT2D eigenvalue weighted by Gasteiger charge is 2.40. The zero-order chi connectivity index (χ0) is 17.3. The van der Waals surface area contributed by atoms with Crippen molar-refractivity contribution >= 4 is 8.32 Å². The molecule has 2 atom stereocenters. The first-order chi connectivity index (χ1) is 10.6. The van der Waals surface area contributed by atoms with Crippen LogP contribution in [0.15, 0.2) is 42.2 Å². The summed E-state index contributed by atoms with van der Waals surface area (Å²) in [4.78, 5) is 2.09. The summed E-state index contributed by atoms with van der Waals surface area (Å²) in [5, 5.41) is 0.196. The van der Waals surface area contributed by atoms with E-state index in [1.54, 1.807) is 0 Å². The SMILES string of the molecule is CN(C)C1C=C(O[Si](C)(C)C(C)(C)C)CC(c2ccccc2)O1. The number of rotatable bonds is 4. The maximum absolute atomic E-state index is 6.57. The second-order valence-corrected chi connectivity index (χ2v) is 12.8. The third-order valence-electron chi connectivity index (χ3n) is 4.89. The Hall–Kier alpha value is -1.10. The fraction of sp³-hybridized carbons (Fsp3) is 0.579. The minimum atomic E-state index is -1.83. The van der Waals surface area contributed by atoms with Gasteiger partial charge in [-0.05, 0) is 43.9 Å². The van der Waals surface area contributed by atoms with E-state index < -0.39 is 8.32 Å². The first-order valence-corrected chi connectivity index (χ1v) is 11.3. The molecule has 2 rings (SSSR count). The van der Waals surface area contributed by atoms with Crippen molar-refractivity contribution in [3.8, 4) is 0 Å². The molecule has 1 heterocycles. The quantitative estimate of drug-likeness (QED) is 0.728. The van der Waals surface area contributed by atoms with Gasteiger partial charge in [-0.2, -0.15) is 0 Å². The number of benzene rings is 1. The van der Waals surface area contributed by atoms with Gasteiger partial charge in [-0.1, -0.05) is 51.1 Å². The Kier molecular flexibility index (Phi) is 5.39. The van der Waals surface area contributed by atoms with Gasteiger partial charge in [0.25, 0.3) is 0 Å². The van der Waals surface area contributed by atoms with Crippen LogP contribution in [0.1, 0.15) is 38.9 Å². The van der Waals surface area contributed by atoms with E-state index in [1.807, 2.05) is 20.2 Å². The number of nitrogens with zero attached hydrogens (tertiary/aromatic N) is 1. The van der Waals surface area contributed by atoms with Gasteiger partial charge in [0.1, 0.15) is 6.23 Å². The molecule has 1 aliphatic rings.